The van der Waals surface area contributed by atoms with Crippen LogP contribution in [0, 0.1) is 0 Å². The van der Waals surface area contributed by atoms with E-state index in [0.717, 1.165) is 37.8 Å². The van der Waals surface area contributed by atoms with Crippen LogP contribution < -0.4 is 11.1 Å². The molecule has 0 bridgehead atoms. The number of amides is 3. The predicted octanol–water partition coefficient (Wildman–Crippen LogP) is 1.10. The zero-order valence-corrected chi connectivity index (χ0v) is 16.3. The van der Waals surface area contributed by atoms with Crippen LogP contribution in [0.25, 0.3) is 6.08 Å². The molecule has 0 aromatic heterocycles. The highest BCUT2D eigenvalue weighted by molar-refractivity contribution is 6.01. The van der Waals surface area contributed by atoms with Gasteiger partial charge in [-0.2, -0.15) is 0 Å². The molecule has 2 fully saturated rings. The average Bonchev–Trinajstić information content (AvgIpc) is 3.18. The van der Waals surface area contributed by atoms with Crippen LogP contribution >= 0.6 is 0 Å². The molecule has 2 saturated heterocycles. The van der Waals surface area contributed by atoms with E-state index >= 15 is 0 Å². The first-order chi connectivity index (χ1) is 13.5. The lowest BCUT2D eigenvalue weighted by Gasteiger charge is -2.38. The number of likely N-dealkylation sites (tertiary alicyclic amines) is 2. The van der Waals surface area contributed by atoms with E-state index in [2.05, 4.69) is 10.2 Å². The molecule has 7 heteroatoms. The zero-order valence-electron chi connectivity index (χ0n) is 16.3. The summed E-state index contributed by atoms with van der Waals surface area (Å²) in [6.45, 7) is 3.47. The van der Waals surface area contributed by atoms with E-state index in [4.69, 9.17) is 5.73 Å². The number of hydrogen-bond acceptors (Lipinski definition) is 4. The number of rotatable bonds is 5. The van der Waals surface area contributed by atoms with Crippen LogP contribution in [0.3, 0.4) is 0 Å². The minimum atomic E-state index is -0.271. The van der Waals surface area contributed by atoms with Gasteiger partial charge in [-0.3, -0.25) is 19.3 Å². The second-order valence-corrected chi connectivity index (χ2v) is 7.47. The number of carbonyl (C=O) groups excluding carboxylic acids is 3. The minimum Gasteiger partial charge on any atom is -0.368 e. The van der Waals surface area contributed by atoms with Gasteiger partial charge in [0.1, 0.15) is 5.70 Å². The lowest BCUT2D eigenvalue weighted by molar-refractivity contribution is -0.131. The molecule has 1 atom stereocenters. The number of carbonyl (C=O) groups is 3. The van der Waals surface area contributed by atoms with E-state index in [-0.39, 0.29) is 35.5 Å². The molecule has 1 aromatic carbocycles. The van der Waals surface area contributed by atoms with Crippen molar-refractivity contribution in [3.63, 3.8) is 0 Å². The molecule has 0 spiro atoms. The quantitative estimate of drug-likeness (QED) is 0.743. The fraction of sp³-hybridized carbons (Fsp3) is 0.476. The summed E-state index contributed by atoms with van der Waals surface area (Å²) in [5.41, 5.74) is 6.68. The second kappa shape index (κ2) is 9.01. The number of benzene rings is 1. The molecule has 150 valence electrons. The third kappa shape index (κ3) is 4.78. The molecule has 3 amide bonds. The predicted molar refractivity (Wildman–Crippen MR) is 107 cm³/mol. The molecule has 2 aliphatic rings. The maximum absolute atomic E-state index is 13.0. The number of nitrogens with one attached hydrogen (secondary N) is 1. The molecule has 0 saturated carbocycles. The van der Waals surface area contributed by atoms with Gasteiger partial charge in [0.25, 0.3) is 5.91 Å². The lowest BCUT2D eigenvalue weighted by Crippen LogP contribution is -2.51. The highest BCUT2D eigenvalue weighted by Crippen LogP contribution is 2.26. The fourth-order valence-electron chi connectivity index (χ4n) is 4.16. The first-order valence-corrected chi connectivity index (χ1v) is 9.84. The van der Waals surface area contributed by atoms with Crippen molar-refractivity contribution in [3.05, 3.63) is 41.6 Å². The summed E-state index contributed by atoms with van der Waals surface area (Å²) in [4.78, 5) is 40.2. The number of hydrogen-bond donors (Lipinski definition) is 2. The normalized spacial score (nSPS) is 21.5. The Morgan fingerprint density at radius 1 is 1.07 bits per heavy atom. The van der Waals surface area contributed by atoms with Gasteiger partial charge < -0.3 is 16.0 Å². The third-order valence-electron chi connectivity index (χ3n) is 5.50. The highest BCUT2D eigenvalue weighted by atomic mass is 16.2. The summed E-state index contributed by atoms with van der Waals surface area (Å²) in [6.07, 6.45) is 5.11. The Hall–Kier alpha value is -2.67. The third-order valence-corrected chi connectivity index (χ3v) is 5.50. The van der Waals surface area contributed by atoms with E-state index in [9.17, 15) is 14.4 Å². The van der Waals surface area contributed by atoms with Crippen molar-refractivity contribution in [3.8, 4) is 0 Å². The Balaban J connectivity index is 1.66. The van der Waals surface area contributed by atoms with Crippen LogP contribution in [-0.2, 0) is 14.4 Å². The van der Waals surface area contributed by atoms with Crippen LogP contribution in [0.15, 0.2) is 36.0 Å². The summed E-state index contributed by atoms with van der Waals surface area (Å²) < 4.78 is 0. The summed E-state index contributed by atoms with van der Waals surface area (Å²) in [5, 5.41) is 2.67. The van der Waals surface area contributed by atoms with E-state index in [1.807, 2.05) is 30.3 Å². The van der Waals surface area contributed by atoms with Crippen LogP contribution in [-0.4, -0.2) is 59.2 Å². The largest absolute Gasteiger partial charge is 0.368 e. The Kier molecular flexibility index (Phi) is 6.46. The number of nitrogens with zero attached hydrogens (tertiary/aromatic N) is 2. The molecule has 3 rings (SSSR count). The van der Waals surface area contributed by atoms with Crippen molar-refractivity contribution in [1.29, 1.82) is 0 Å². The molecule has 3 N–H and O–H groups in total. The Bertz CT molecular complexity index is 754. The van der Waals surface area contributed by atoms with Gasteiger partial charge in [0.2, 0.25) is 11.8 Å². The van der Waals surface area contributed by atoms with Gasteiger partial charge in [-0.05, 0) is 43.9 Å². The molecule has 0 aliphatic carbocycles. The summed E-state index contributed by atoms with van der Waals surface area (Å²) in [5.74, 6) is -0.702. The van der Waals surface area contributed by atoms with Crippen LogP contribution in [0.1, 0.15) is 38.2 Å². The van der Waals surface area contributed by atoms with Gasteiger partial charge >= 0.3 is 0 Å². The van der Waals surface area contributed by atoms with Gasteiger partial charge in [-0.15, -0.1) is 0 Å². The van der Waals surface area contributed by atoms with E-state index in [0.29, 0.717) is 13.1 Å². The van der Waals surface area contributed by atoms with Gasteiger partial charge in [-0.1, -0.05) is 30.3 Å². The number of primary amides is 1. The minimum absolute atomic E-state index is 0.176. The van der Waals surface area contributed by atoms with E-state index < -0.39 is 0 Å². The van der Waals surface area contributed by atoms with Crippen molar-refractivity contribution >= 4 is 23.8 Å². The molecule has 1 aromatic rings. The van der Waals surface area contributed by atoms with Crippen LogP contribution in [0.4, 0.5) is 0 Å². The highest BCUT2D eigenvalue weighted by Gasteiger charge is 2.36. The molecule has 0 radical (unpaired) electrons. The van der Waals surface area contributed by atoms with E-state index in [1.54, 1.807) is 11.0 Å². The SMILES string of the molecule is CC(=O)N/C(=C\c1ccccc1)C(=O)N1CCC(N2CCCC2C(N)=O)CC1. The summed E-state index contributed by atoms with van der Waals surface area (Å²) in [7, 11) is 0. The monoisotopic (exact) mass is 384 g/mol. The second-order valence-electron chi connectivity index (χ2n) is 7.47. The fourth-order valence-corrected chi connectivity index (χ4v) is 4.16. The van der Waals surface area contributed by atoms with Crippen molar-refractivity contribution in [1.82, 2.24) is 15.1 Å². The zero-order chi connectivity index (χ0) is 20.1. The van der Waals surface area contributed by atoms with Gasteiger partial charge in [0, 0.05) is 26.1 Å². The molecular weight excluding hydrogens is 356 g/mol. The van der Waals surface area contributed by atoms with E-state index in [1.165, 1.54) is 6.92 Å². The molecule has 28 heavy (non-hydrogen) atoms. The van der Waals surface area contributed by atoms with Crippen molar-refractivity contribution in [2.24, 2.45) is 5.73 Å². The maximum atomic E-state index is 13.0. The standard InChI is InChI=1S/C21H28N4O3/c1-15(26)23-18(14-16-6-3-2-4-7-16)21(28)24-12-9-17(10-13-24)25-11-5-8-19(25)20(22)27/h2-4,6-7,14,17,19H,5,8-13H2,1H3,(H2,22,27)(H,23,26)/b18-14-. The molecular formula is C21H28N4O3. The maximum Gasteiger partial charge on any atom is 0.270 e. The molecule has 7 nitrogen and oxygen atoms in total. The summed E-state index contributed by atoms with van der Waals surface area (Å²) in [6, 6.07) is 9.54. The van der Waals surface area contributed by atoms with Crippen LogP contribution in [0.2, 0.25) is 0 Å². The van der Waals surface area contributed by atoms with Gasteiger partial charge in [0.15, 0.2) is 0 Å². The Morgan fingerprint density at radius 2 is 1.75 bits per heavy atom. The molecule has 1 unspecified atom stereocenters. The Labute approximate surface area is 165 Å². The summed E-state index contributed by atoms with van der Waals surface area (Å²) >= 11 is 0. The lowest BCUT2D eigenvalue weighted by atomic mass is 10.0. The molecule has 2 heterocycles. The first kappa shape index (κ1) is 20.1. The van der Waals surface area contributed by atoms with Crippen molar-refractivity contribution < 1.29 is 14.4 Å². The topological polar surface area (TPSA) is 95.7 Å². The molecule has 2 aliphatic heterocycles. The van der Waals surface area contributed by atoms with Crippen molar-refractivity contribution in [2.45, 2.75) is 44.7 Å². The Morgan fingerprint density at radius 3 is 2.36 bits per heavy atom. The average molecular weight is 384 g/mol. The smallest absolute Gasteiger partial charge is 0.270 e. The van der Waals surface area contributed by atoms with Gasteiger partial charge in [0.05, 0.1) is 6.04 Å². The van der Waals surface area contributed by atoms with Crippen molar-refractivity contribution in [2.75, 3.05) is 19.6 Å². The van der Waals surface area contributed by atoms with Crippen LogP contribution in [0.5, 0.6) is 0 Å². The van der Waals surface area contributed by atoms with Gasteiger partial charge in [-0.25, -0.2) is 0 Å². The number of nitrogens with two attached hydrogens (primary N) is 1. The number of piperidine rings is 1. The first-order valence-electron chi connectivity index (χ1n) is 9.84.